The van der Waals surface area contributed by atoms with E-state index in [0.29, 0.717) is 25.1 Å². The van der Waals surface area contributed by atoms with Crippen LogP contribution in [0.15, 0.2) is 12.4 Å². The lowest BCUT2D eigenvalue weighted by Gasteiger charge is -2.05. The van der Waals surface area contributed by atoms with E-state index in [4.69, 9.17) is 4.74 Å². The fourth-order valence-corrected chi connectivity index (χ4v) is 1.47. The second-order valence-corrected chi connectivity index (χ2v) is 4.69. The van der Waals surface area contributed by atoms with Crippen molar-refractivity contribution in [3.8, 4) is 5.75 Å². The molecule has 0 unspecified atom stereocenters. The number of nitrogens with zero attached hydrogens (tertiary/aromatic N) is 2. The molecule has 0 atom stereocenters. The van der Waals surface area contributed by atoms with Gasteiger partial charge in [-0.25, -0.2) is 0 Å². The van der Waals surface area contributed by atoms with Gasteiger partial charge in [0, 0.05) is 12.1 Å². The highest BCUT2D eigenvalue weighted by Crippen LogP contribution is 2.18. The van der Waals surface area contributed by atoms with Crippen LogP contribution < -0.4 is 10.1 Å². The van der Waals surface area contributed by atoms with Gasteiger partial charge in [-0.05, 0) is 26.7 Å². The standard InChI is InChI=1S/C12H19N3O2/c1-9(2)15-8-11(7-13-15)17-6-5-12(16)14-10-3-4-10/h7-10H,3-6H2,1-2H3,(H,14,16). The van der Waals surface area contributed by atoms with Gasteiger partial charge in [0.2, 0.25) is 5.91 Å². The Kier molecular flexibility index (Phi) is 3.66. The SMILES string of the molecule is CC(C)n1cc(OCCC(=O)NC2CC2)cn1. The predicted molar refractivity (Wildman–Crippen MR) is 63.9 cm³/mol. The second-order valence-electron chi connectivity index (χ2n) is 4.69. The molecule has 1 aromatic heterocycles. The second kappa shape index (κ2) is 5.21. The van der Waals surface area contributed by atoms with Crippen molar-refractivity contribution in [3.05, 3.63) is 12.4 Å². The molecule has 94 valence electrons. The average molecular weight is 237 g/mol. The first-order chi connectivity index (χ1) is 8.15. The van der Waals surface area contributed by atoms with E-state index < -0.39 is 0 Å². The van der Waals surface area contributed by atoms with Gasteiger partial charge in [0.25, 0.3) is 0 Å². The zero-order chi connectivity index (χ0) is 12.3. The number of hydrogen-bond acceptors (Lipinski definition) is 3. The Morgan fingerprint density at radius 3 is 3.00 bits per heavy atom. The van der Waals surface area contributed by atoms with Gasteiger partial charge < -0.3 is 10.1 Å². The highest BCUT2D eigenvalue weighted by molar-refractivity contribution is 5.76. The number of hydrogen-bond donors (Lipinski definition) is 1. The van der Waals surface area contributed by atoms with Crippen molar-refractivity contribution in [3.63, 3.8) is 0 Å². The summed E-state index contributed by atoms with van der Waals surface area (Å²) in [7, 11) is 0. The molecule has 0 spiro atoms. The summed E-state index contributed by atoms with van der Waals surface area (Å²) >= 11 is 0. The van der Waals surface area contributed by atoms with Crippen LogP contribution in [0.2, 0.25) is 0 Å². The van der Waals surface area contributed by atoms with Crippen molar-refractivity contribution in [2.75, 3.05) is 6.61 Å². The largest absolute Gasteiger partial charge is 0.490 e. The van der Waals surface area contributed by atoms with Crippen LogP contribution in [0.25, 0.3) is 0 Å². The maximum atomic E-state index is 11.4. The lowest BCUT2D eigenvalue weighted by molar-refractivity contribution is -0.121. The maximum Gasteiger partial charge on any atom is 0.223 e. The van der Waals surface area contributed by atoms with E-state index >= 15 is 0 Å². The molecule has 2 rings (SSSR count). The quantitative estimate of drug-likeness (QED) is 0.816. The number of rotatable bonds is 6. The van der Waals surface area contributed by atoms with E-state index in [9.17, 15) is 4.79 Å². The first-order valence-corrected chi connectivity index (χ1v) is 6.11. The summed E-state index contributed by atoms with van der Waals surface area (Å²) in [4.78, 5) is 11.4. The molecule has 1 aromatic rings. The zero-order valence-electron chi connectivity index (χ0n) is 10.3. The summed E-state index contributed by atoms with van der Waals surface area (Å²) < 4.78 is 7.30. The number of aromatic nitrogens is 2. The van der Waals surface area contributed by atoms with E-state index in [2.05, 4.69) is 24.3 Å². The van der Waals surface area contributed by atoms with Crippen LogP contribution >= 0.6 is 0 Å². The van der Waals surface area contributed by atoms with Gasteiger partial charge in [0.15, 0.2) is 5.75 Å². The molecule has 1 N–H and O–H groups in total. The van der Waals surface area contributed by atoms with Crippen LogP contribution in [0.3, 0.4) is 0 Å². The van der Waals surface area contributed by atoms with Gasteiger partial charge >= 0.3 is 0 Å². The van der Waals surface area contributed by atoms with Crippen molar-refractivity contribution >= 4 is 5.91 Å². The molecule has 0 saturated heterocycles. The molecule has 0 aromatic carbocycles. The zero-order valence-corrected chi connectivity index (χ0v) is 10.3. The highest BCUT2D eigenvalue weighted by Gasteiger charge is 2.22. The molecule has 1 fully saturated rings. The number of carbonyl (C=O) groups is 1. The molecule has 1 amide bonds. The third kappa shape index (κ3) is 3.76. The summed E-state index contributed by atoms with van der Waals surface area (Å²) in [6, 6.07) is 0.747. The number of amides is 1. The van der Waals surface area contributed by atoms with Gasteiger partial charge in [-0.2, -0.15) is 5.10 Å². The molecule has 5 heteroatoms. The van der Waals surface area contributed by atoms with Gasteiger partial charge in [-0.15, -0.1) is 0 Å². The number of ether oxygens (including phenoxy) is 1. The highest BCUT2D eigenvalue weighted by atomic mass is 16.5. The molecule has 1 saturated carbocycles. The predicted octanol–water partition coefficient (Wildman–Crippen LogP) is 1.51. The van der Waals surface area contributed by atoms with Gasteiger partial charge in [0.05, 0.1) is 25.4 Å². The maximum absolute atomic E-state index is 11.4. The topological polar surface area (TPSA) is 56.1 Å². The van der Waals surface area contributed by atoms with E-state index in [1.54, 1.807) is 6.20 Å². The first kappa shape index (κ1) is 12.0. The number of carbonyl (C=O) groups excluding carboxylic acids is 1. The fourth-order valence-electron chi connectivity index (χ4n) is 1.47. The monoisotopic (exact) mass is 237 g/mol. The Morgan fingerprint density at radius 2 is 2.41 bits per heavy atom. The minimum absolute atomic E-state index is 0.0729. The molecule has 5 nitrogen and oxygen atoms in total. The lowest BCUT2D eigenvalue weighted by atomic mass is 10.4. The molecule has 17 heavy (non-hydrogen) atoms. The lowest BCUT2D eigenvalue weighted by Crippen LogP contribution is -2.26. The first-order valence-electron chi connectivity index (χ1n) is 6.11. The van der Waals surface area contributed by atoms with Crippen LogP contribution in [0.4, 0.5) is 0 Å². The Labute approximate surface area is 101 Å². The summed E-state index contributed by atoms with van der Waals surface area (Å²) in [6.45, 7) is 4.52. The Balaban J connectivity index is 1.67. The normalized spacial score (nSPS) is 15.0. The van der Waals surface area contributed by atoms with E-state index in [-0.39, 0.29) is 5.91 Å². The summed E-state index contributed by atoms with van der Waals surface area (Å²) in [5, 5.41) is 7.09. The van der Waals surface area contributed by atoms with Gasteiger partial charge in [-0.1, -0.05) is 0 Å². The molecule has 1 aliphatic rings. The molecule has 1 aliphatic carbocycles. The Bertz CT molecular complexity index is 383. The summed E-state index contributed by atoms with van der Waals surface area (Å²) in [6.07, 6.45) is 6.17. The Hall–Kier alpha value is -1.52. The smallest absolute Gasteiger partial charge is 0.223 e. The Morgan fingerprint density at radius 1 is 1.65 bits per heavy atom. The van der Waals surface area contributed by atoms with Crippen molar-refractivity contribution in [2.45, 2.75) is 45.2 Å². The van der Waals surface area contributed by atoms with Crippen LogP contribution in [0.1, 0.15) is 39.2 Å². The molecule has 0 aliphatic heterocycles. The van der Waals surface area contributed by atoms with Crippen molar-refractivity contribution in [2.24, 2.45) is 0 Å². The fraction of sp³-hybridized carbons (Fsp3) is 0.667. The molecule has 1 heterocycles. The molecule has 0 radical (unpaired) electrons. The van der Waals surface area contributed by atoms with Crippen LogP contribution in [-0.2, 0) is 4.79 Å². The van der Waals surface area contributed by atoms with Crippen molar-refractivity contribution in [1.29, 1.82) is 0 Å². The van der Waals surface area contributed by atoms with Gasteiger partial charge in [-0.3, -0.25) is 9.48 Å². The van der Waals surface area contributed by atoms with Crippen LogP contribution in [0, 0.1) is 0 Å². The summed E-state index contributed by atoms with van der Waals surface area (Å²) in [5.74, 6) is 0.793. The summed E-state index contributed by atoms with van der Waals surface area (Å²) in [5.41, 5.74) is 0. The minimum atomic E-state index is 0.0729. The van der Waals surface area contributed by atoms with Crippen molar-refractivity contribution < 1.29 is 9.53 Å². The molecular weight excluding hydrogens is 218 g/mol. The van der Waals surface area contributed by atoms with E-state index in [0.717, 1.165) is 18.6 Å². The minimum Gasteiger partial charge on any atom is -0.490 e. The van der Waals surface area contributed by atoms with E-state index in [1.807, 2.05) is 10.9 Å². The van der Waals surface area contributed by atoms with Crippen LogP contribution in [-0.4, -0.2) is 28.3 Å². The van der Waals surface area contributed by atoms with Gasteiger partial charge in [0.1, 0.15) is 0 Å². The third-order valence-corrected chi connectivity index (χ3v) is 2.65. The van der Waals surface area contributed by atoms with Crippen molar-refractivity contribution in [1.82, 2.24) is 15.1 Å². The molecule has 0 bridgehead atoms. The van der Waals surface area contributed by atoms with Crippen LogP contribution in [0.5, 0.6) is 5.75 Å². The number of nitrogens with one attached hydrogen (secondary N) is 1. The molecular formula is C12H19N3O2. The average Bonchev–Trinajstić information content (AvgIpc) is 2.94. The third-order valence-electron chi connectivity index (χ3n) is 2.65. The van der Waals surface area contributed by atoms with E-state index in [1.165, 1.54) is 0 Å².